The number of hydrogen-bond donors (Lipinski definition) is 0. The highest BCUT2D eigenvalue weighted by molar-refractivity contribution is 7.15. The summed E-state index contributed by atoms with van der Waals surface area (Å²) in [5.41, 5.74) is 0. The van der Waals surface area contributed by atoms with Gasteiger partial charge in [-0.25, -0.2) is 14.7 Å². The van der Waals surface area contributed by atoms with Crippen molar-refractivity contribution in [1.82, 2.24) is 9.88 Å². The van der Waals surface area contributed by atoms with Crippen LogP contribution in [0.25, 0.3) is 0 Å². The molecule has 0 aliphatic carbocycles. The van der Waals surface area contributed by atoms with E-state index in [9.17, 15) is 9.59 Å². The van der Waals surface area contributed by atoms with Crippen LogP contribution in [0.1, 0.15) is 25.1 Å². The number of amides is 3. The summed E-state index contributed by atoms with van der Waals surface area (Å²) in [5.74, 6) is 0.206. The van der Waals surface area contributed by atoms with Crippen LogP contribution in [0.2, 0.25) is 0 Å². The Labute approximate surface area is 110 Å². The first kappa shape index (κ1) is 13.0. The zero-order chi connectivity index (χ0) is 13.4. The number of thiazole rings is 1. The predicted molar refractivity (Wildman–Crippen MR) is 70.7 cm³/mol. The van der Waals surface area contributed by atoms with E-state index in [0.717, 1.165) is 4.88 Å². The van der Waals surface area contributed by atoms with Crippen LogP contribution < -0.4 is 4.90 Å². The maximum atomic E-state index is 12.3. The Balaban J connectivity index is 2.28. The minimum atomic E-state index is -0.360. The van der Waals surface area contributed by atoms with E-state index >= 15 is 0 Å². The first-order valence-electron chi connectivity index (χ1n) is 5.95. The fourth-order valence-corrected chi connectivity index (χ4v) is 2.79. The molecule has 18 heavy (non-hydrogen) atoms. The highest BCUT2D eigenvalue weighted by Gasteiger charge is 2.45. The van der Waals surface area contributed by atoms with Crippen LogP contribution in [0.5, 0.6) is 0 Å². The van der Waals surface area contributed by atoms with E-state index in [2.05, 4.69) is 4.98 Å². The molecule has 1 fully saturated rings. The Bertz CT molecular complexity index is 483. The van der Waals surface area contributed by atoms with Gasteiger partial charge in [-0.1, -0.05) is 13.8 Å². The number of hydrogen-bond acceptors (Lipinski definition) is 4. The number of rotatable bonds is 3. The molecule has 0 unspecified atom stereocenters. The molecular weight excluding hydrogens is 250 g/mol. The molecule has 1 aliphatic rings. The summed E-state index contributed by atoms with van der Waals surface area (Å²) in [7, 11) is 1.67. The maximum absolute atomic E-state index is 12.3. The van der Waals surface area contributed by atoms with Gasteiger partial charge >= 0.3 is 6.03 Å². The average molecular weight is 267 g/mol. The number of imide groups is 1. The van der Waals surface area contributed by atoms with Crippen molar-refractivity contribution in [3.05, 3.63) is 11.1 Å². The van der Waals surface area contributed by atoms with Crippen molar-refractivity contribution in [3.63, 3.8) is 0 Å². The van der Waals surface area contributed by atoms with E-state index in [1.165, 1.54) is 21.1 Å². The topological polar surface area (TPSA) is 53.5 Å². The molecule has 3 amide bonds. The molecule has 1 aliphatic heterocycles. The van der Waals surface area contributed by atoms with E-state index in [-0.39, 0.29) is 18.0 Å². The summed E-state index contributed by atoms with van der Waals surface area (Å²) >= 11 is 1.36. The molecule has 0 aromatic carbocycles. The number of aryl methyl sites for hydroxylation is 1. The number of anilines is 1. The van der Waals surface area contributed by atoms with Crippen molar-refractivity contribution in [2.45, 2.75) is 33.2 Å². The maximum Gasteiger partial charge on any atom is 0.333 e. The number of aromatic nitrogens is 1. The Morgan fingerprint density at radius 3 is 2.61 bits per heavy atom. The zero-order valence-electron chi connectivity index (χ0n) is 11.0. The Hall–Kier alpha value is -1.43. The van der Waals surface area contributed by atoms with Crippen LogP contribution in [-0.2, 0) is 4.79 Å². The minimum Gasteiger partial charge on any atom is -0.315 e. The van der Waals surface area contributed by atoms with Gasteiger partial charge in [-0.05, 0) is 19.3 Å². The predicted octanol–water partition coefficient (Wildman–Crippen LogP) is 2.26. The molecule has 98 valence electrons. The molecule has 1 aromatic heterocycles. The van der Waals surface area contributed by atoms with Gasteiger partial charge in [0, 0.05) is 18.1 Å². The largest absolute Gasteiger partial charge is 0.333 e. The van der Waals surface area contributed by atoms with Crippen molar-refractivity contribution in [1.29, 1.82) is 0 Å². The lowest BCUT2D eigenvalue weighted by Gasteiger charge is -2.17. The highest BCUT2D eigenvalue weighted by atomic mass is 32.1. The van der Waals surface area contributed by atoms with Gasteiger partial charge in [0.2, 0.25) is 5.13 Å². The second-order valence-corrected chi connectivity index (χ2v) is 6.18. The highest BCUT2D eigenvalue weighted by Crippen LogP contribution is 2.29. The summed E-state index contributed by atoms with van der Waals surface area (Å²) in [6.45, 7) is 5.99. The SMILES string of the molecule is Cc1cnc(N2C(=O)[C@H](CC(C)C)N(C)C2=O)s1. The van der Waals surface area contributed by atoms with Crippen molar-refractivity contribution >= 4 is 28.4 Å². The third-order valence-electron chi connectivity index (χ3n) is 2.96. The molecule has 0 N–H and O–H groups in total. The Kier molecular flexibility index (Phi) is 3.38. The lowest BCUT2D eigenvalue weighted by atomic mass is 10.0. The van der Waals surface area contributed by atoms with E-state index in [0.29, 0.717) is 17.5 Å². The monoisotopic (exact) mass is 267 g/mol. The number of carbonyl (C=O) groups excluding carboxylic acids is 2. The van der Waals surface area contributed by atoms with Crippen LogP contribution in [0.3, 0.4) is 0 Å². The van der Waals surface area contributed by atoms with E-state index in [4.69, 9.17) is 0 Å². The second-order valence-electron chi connectivity index (χ2n) is 4.97. The molecule has 0 saturated carbocycles. The quantitative estimate of drug-likeness (QED) is 0.789. The third-order valence-corrected chi connectivity index (χ3v) is 3.86. The summed E-state index contributed by atoms with van der Waals surface area (Å²) < 4.78 is 0. The summed E-state index contributed by atoms with van der Waals surface area (Å²) in [5, 5.41) is 0.473. The van der Waals surface area contributed by atoms with Gasteiger partial charge in [0.25, 0.3) is 5.91 Å². The molecule has 1 atom stereocenters. The number of carbonyl (C=O) groups is 2. The minimum absolute atomic E-state index is 0.162. The molecular formula is C12H17N3O2S. The van der Waals surface area contributed by atoms with Gasteiger partial charge in [-0.3, -0.25) is 4.79 Å². The first-order valence-corrected chi connectivity index (χ1v) is 6.76. The molecule has 2 heterocycles. The summed E-state index contributed by atoms with van der Waals surface area (Å²) in [6.07, 6.45) is 2.36. The fourth-order valence-electron chi connectivity index (χ4n) is 2.03. The number of likely N-dealkylation sites (N-methyl/N-ethyl adjacent to an activating group) is 1. The van der Waals surface area contributed by atoms with Crippen molar-refractivity contribution < 1.29 is 9.59 Å². The lowest BCUT2D eigenvalue weighted by molar-refractivity contribution is -0.119. The van der Waals surface area contributed by atoms with E-state index < -0.39 is 0 Å². The van der Waals surface area contributed by atoms with Gasteiger partial charge in [-0.15, -0.1) is 11.3 Å². The summed E-state index contributed by atoms with van der Waals surface area (Å²) in [6, 6.07) is -0.637. The van der Waals surface area contributed by atoms with Crippen molar-refractivity contribution in [3.8, 4) is 0 Å². The number of urea groups is 1. The molecule has 0 bridgehead atoms. The zero-order valence-corrected chi connectivity index (χ0v) is 11.8. The molecule has 0 spiro atoms. The summed E-state index contributed by atoms with van der Waals surface area (Å²) in [4.78, 5) is 32.2. The molecule has 6 heteroatoms. The molecule has 0 radical (unpaired) electrons. The van der Waals surface area contributed by atoms with Gasteiger partial charge < -0.3 is 4.90 Å². The standard InChI is InChI=1S/C12H17N3O2S/c1-7(2)5-9-10(16)15(12(17)14(9)4)11-13-6-8(3)18-11/h6-7,9H,5H2,1-4H3/t9-/m0/s1. The van der Waals surface area contributed by atoms with E-state index in [1.807, 2.05) is 20.8 Å². The van der Waals surface area contributed by atoms with Crippen LogP contribution in [0.4, 0.5) is 9.93 Å². The van der Waals surface area contributed by atoms with Crippen LogP contribution in [-0.4, -0.2) is 34.9 Å². The average Bonchev–Trinajstić information content (AvgIpc) is 2.78. The van der Waals surface area contributed by atoms with Gasteiger partial charge in [0.1, 0.15) is 6.04 Å². The number of nitrogens with zero attached hydrogens (tertiary/aromatic N) is 3. The molecule has 1 saturated heterocycles. The molecule has 2 rings (SSSR count). The third kappa shape index (κ3) is 2.12. The smallest absolute Gasteiger partial charge is 0.315 e. The Morgan fingerprint density at radius 2 is 2.11 bits per heavy atom. The van der Waals surface area contributed by atoms with E-state index in [1.54, 1.807) is 13.2 Å². The first-order chi connectivity index (χ1) is 8.41. The van der Waals surface area contributed by atoms with Gasteiger partial charge in [0.15, 0.2) is 0 Å². The van der Waals surface area contributed by atoms with Crippen molar-refractivity contribution in [2.24, 2.45) is 5.92 Å². The molecule has 5 nitrogen and oxygen atoms in total. The lowest BCUT2D eigenvalue weighted by Crippen LogP contribution is -2.32. The molecule has 1 aromatic rings. The second kappa shape index (κ2) is 4.68. The van der Waals surface area contributed by atoms with Gasteiger partial charge in [0.05, 0.1) is 0 Å². The fraction of sp³-hybridized carbons (Fsp3) is 0.583. The van der Waals surface area contributed by atoms with Crippen molar-refractivity contribution in [2.75, 3.05) is 11.9 Å². The van der Waals surface area contributed by atoms with Crippen LogP contribution >= 0.6 is 11.3 Å². The van der Waals surface area contributed by atoms with Crippen LogP contribution in [0.15, 0.2) is 6.20 Å². The Morgan fingerprint density at radius 1 is 1.44 bits per heavy atom. The van der Waals surface area contributed by atoms with Crippen LogP contribution in [0, 0.1) is 12.8 Å². The normalized spacial score (nSPS) is 20.4. The van der Waals surface area contributed by atoms with Gasteiger partial charge in [-0.2, -0.15) is 0 Å².